The number of amides is 1. The van der Waals surface area contributed by atoms with Gasteiger partial charge in [0.1, 0.15) is 24.0 Å². The number of halogens is 1. The average molecular weight is 447 g/mol. The number of nitrogens with zero attached hydrogens (tertiary/aromatic N) is 1. The molecule has 0 atom stereocenters. The van der Waals surface area contributed by atoms with Crippen LogP contribution in [-0.2, 0) is 11.4 Å². The van der Waals surface area contributed by atoms with Gasteiger partial charge in [-0.2, -0.15) is 5.26 Å². The van der Waals surface area contributed by atoms with Crippen molar-refractivity contribution in [3.8, 4) is 11.8 Å². The lowest BCUT2D eigenvalue weighted by atomic mass is 10.1. The molecule has 29 heavy (non-hydrogen) atoms. The lowest BCUT2D eigenvalue weighted by Gasteiger charge is -2.08. The number of aryl methyl sites for hydroxylation is 1. The summed E-state index contributed by atoms with van der Waals surface area (Å²) in [6.45, 7) is 2.33. The Morgan fingerprint density at radius 3 is 2.59 bits per heavy atom. The molecule has 0 heterocycles. The number of hydrogen-bond donors (Lipinski definition) is 1. The van der Waals surface area contributed by atoms with Crippen LogP contribution in [0.25, 0.3) is 6.08 Å². The molecule has 0 saturated carbocycles. The van der Waals surface area contributed by atoms with Gasteiger partial charge in [-0.25, -0.2) is 0 Å². The summed E-state index contributed by atoms with van der Waals surface area (Å²) in [5, 5.41) is 12.2. The van der Waals surface area contributed by atoms with Crippen LogP contribution in [0.5, 0.6) is 5.75 Å². The van der Waals surface area contributed by atoms with Crippen LogP contribution < -0.4 is 10.1 Å². The summed E-state index contributed by atoms with van der Waals surface area (Å²) < 4.78 is 6.85. The number of benzene rings is 3. The van der Waals surface area contributed by atoms with E-state index in [2.05, 4.69) is 21.2 Å². The van der Waals surface area contributed by atoms with Crippen molar-refractivity contribution in [1.29, 1.82) is 5.26 Å². The summed E-state index contributed by atoms with van der Waals surface area (Å²) in [7, 11) is 0. The van der Waals surface area contributed by atoms with E-state index < -0.39 is 5.91 Å². The van der Waals surface area contributed by atoms with Gasteiger partial charge in [0.05, 0.1) is 0 Å². The number of hydrogen-bond acceptors (Lipinski definition) is 3. The summed E-state index contributed by atoms with van der Waals surface area (Å²) in [6, 6.07) is 24.6. The van der Waals surface area contributed by atoms with Crippen LogP contribution >= 0.6 is 15.9 Å². The average Bonchev–Trinajstić information content (AvgIpc) is 2.73. The largest absolute Gasteiger partial charge is 0.489 e. The predicted octanol–water partition coefficient (Wildman–Crippen LogP) is 5.88. The Kier molecular flexibility index (Phi) is 6.83. The zero-order valence-corrected chi connectivity index (χ0v) is 17.4. The van der Waals surface area contributed by atoms with Gasteiger partial charge >= 0.3 is 0 Å². The lowest BCUT2D eigenvalue weighted by molar-refractivity contribution is -0.112. The van der Waals surface area contributed by atoms with E-state index in [1.807, 2.05) is 73.7 Å². The van der Waals surface area contributed by atoms with Gasteiger partial charge in [-0.05, 0) is 60.0 Å². The monoisotopic (exact) mass is 446 g/mol. The molecule has 0 unspecified atom stereocenters. The zero-order valence-electron chi connectivity index (χ0n) is 15.9. The third-order valence-electron chi connectivity index (χ3n) is 4.25. The quantitative estimate of drug-likeness (QED) is 0.379. The lowest BCUT2D eigenvalue weighted by Crippen LogP contribution is -2.14. The minimum absolute atomic E-state index is 0.0262. The highest BCUT2D eigenvalue weighted by atomic mass is 79.9. The second kappa shape index (κ2) is 9.72. The van der Waals surface area contributed by atoms with Crippen LogP contribution in [0.1, 0.15) is 16.7 Å². The fourth-order valence-corrected chi connectivity index (χ4v) is 2.92. The molecule has 0 aliphatic heterocycles. The summed E-state index contributed by atoms with van der Waals surface area (Å²) >= 11 is 3.41. The zero-order chi connectivity index (χ0) is 20.6. The van der Waals surface area contributed by atoms with E-state index in [9.17, 15) is 10.1 Å². The maximum absolute atomic E-state index is 12.5. The maximum atomic E-state index is 12.5. The minimum atomic E-state index is -0.442. The predicted molar refractivity (Wildman–Crippen MR) is 118 cm³/mol. The number of rotatable bonds is 6. The number of nitrogens with one attached hydrogen (secondary N) is 1. The van der Waals surface area contributed by atoms with Crippen LogP contribution in [0.3, 0.4) is 0 Å². The SMILES string of the molecule is Cc1ccccc1NC(=O)/C(C#N)=C\c1cccc(OCc2ccc(Br)cc2)c1. The molecular weight excluding hydrogens is 428 g/mol. The van der Waals surface area contributed by atoms with Gasteiger partial charge in [-0.15, -0.1) is 0 Å². The van der Waals surface area contributed by atoms with E-state index in [-0.39, 0.29) is 5.57 Å². The molecule has 0 aliphatic carbocycles. The summed E-state index contributed by atoms with van der Waals surface area (Å²) in [5.74, 6) is 0.223. The molecule has 0 spiro atoms. The summed E-state index contributed by atoms with van der Waals surface area (Å²) in [5.41, 5.74) is 3.41. The van der Waals surface area contributed by atoms with Crippen molar-refractivity contribution in [2.75, 3.05) is 5.32 Å². The van der Waals surface area contributed by atoms with Crippen LogP contribution in [0.2, 0.25) is 0 Å². The minimum Gasteiger partial charge on any atom is -0.489 e. The van der Waals surface area contributed by atoms with Crippen LogP contribution in [0.15, 0.2) is 82.8 Å². The number of carbonyl (C=O) groups is 1. The van der Waals surface area contributed by atoms with Crippen molar-refractivity contribution in [3.63, 3.8) is 0 Å². The number of ether oxygens (including phenoxy) is 1. The number of nitriles is 1. The number of para-hydroxylation sites is 1. The molecule has 1 amide bonds. The van der Waals surface area contributed by atoms with E-state index in [4.69, 9.17) is 4.74 Å². The molecule has 0 aromatic heterocycles. The van der Waals surface area contributed by atoms with E-state index in [1.165, 1.54) is 0 Å². The Labute approximate surface area is 178 Å². The Morgan fingerprint density at radius 1 is 1.10 bits per heavy atom. The molecule has 5 heteroatoms. The Morgan fingerprint density at radius 2 is 1.86 bits per heavy atom. The fraction of sp³-hybridized carbons (Fsp3) is 0.0833. The van der Waals surface area contributed by atoms with Crippen molar-refractivity contribution < 1.29 is 9.53 Å². The molecule has 3 aromatic carbocycles. The van der Waals surface area contributed by atoms with Gasteiger partial charge in [0, 0.05) is 10.2 Å². The van der Waals surface area contributed by atoms with E-state index >= 15 is 0 Å². The van der Waals surface area contributed by atoms with Crippen molar-refractivity contribution in [2.24, 2.45) is 0 Å². The van der Waals surface area contributed by atoms with Crippen molar-refractivity contribution in [2.45, 2.75) is 13.5 Å². The highest BCUT2D eigenvalue weighted by Crippen LogP contribution is 2.19. The Balaban J connectivity index is 1.71. The maximum Gasteiger partial charge on any atom is 0.266 e. The molecule has 1 N–H and O–H groups in total. The third-order valence-corrected chi connectivity index (χ3v) is 4.77. The Hall–Kier alpha value is -3.36. The van der Waals surface area contributed by atoms with Gasteiger partial charge in [0.15, 0.2) is 0 Å². The molecule has 3 aromatic rings. The molecule has 0 radical (unpaired) electrons. The normalized spacial score (nSPS) is 10.9. The molecular formula is C24H19BrN2O2. The van der Waals surface area contributed by atoms with Crippen LogP contribution in [0, 0.1) is 18.3 Å². The highest BCUT2D eigenvalue weighted by Gasteiger charge is 2.11. The number of anilines is 1. The first-order chi connectivity index (χ1) is 14.0. The molecule has 0 bridgehead atoms. The first kappa shape index (κ1) is 20.4. The second-order valence-electron chi connectivity index (χ2n) is 6.43. The van der Waals surface area contributed by atoms with Crippen LogP contribution in [0.4, 0.5) is 5.69 Å². The second-order valence-corrected chi connectivity index (χ2v) is 7.34. The van der Waals surface area contributed by atoms with Gasteiger partial charge in [0.2, 0.25) is 0 Å². The summed E-state index contributed by atoms with van der Waals surface area (Å²) in [6.07, 6.45) is 1.56. The Bertz CT molecular complexity index is 1080. The van der Waals surface area contributed by atoms with E-state index in [1.54, 1.807) is 18.2 Å². The topological polar surface area (TPSA) is 62.1 Å². The number of carbonyl (C=O) groups excluding carboxylic acids is 1. The highest BCUT2D eigenvalue weighted by molar-refractivity contribution is 9.10. The van der Waals surface area contributed by atoms with Gasteiger partial charge in [-0.3, -0.25) is 4.79 Å². The van der Waals surface area contributed by atoms with Crippen LogP contribution in [-0.4, -0.2) is 5.91 Å². The van der Waals surface area contributed by atoms with E-state index in [0.717, 1.165) is 21.2 Å². The smallest absolute Gasteiger partial charge is 0.266 e. The molecule has 0 aliphatic rings. The molecule has 144 valence electrons. The standard InChI is InChI=1S/C24H19BrN2O2/c1-17-5-2-3-8-23(17)27-24(28)20(15-26)13-19-6-4-7-22(14-19)29-16-18-9-11-21(25)12-10-18/h2-14H,16H2,1H3,(H,27,28)/b20-13-. The first-order valence-electron chi connectivity index (χ1n) is 9.01. The molecule has 4 nitrogen and oxygen atoms in total. The van der Waals surface area contributed by atoms with Gasteiger partial charge in [0.25, 0.3) is 5.91 Å². The molecule has 0 saturated heterocycles. The van der Waals surface area contributed by atoms with Crippen molar-refractivity contribution in [3.05, 3.63) is 99.5 Å². The van der Waals surface area contributed by atoms with Crippen molar-refractivity contribution >= 4 is 33.6 Å². The molecule has 3 rings (SSSR count). The summed E-state index contributed by atoms with van der Waals surface area (Å²) in [4.78, 5) is 12.5. The van der Waals surface area contributed by atoms with Gasteiger partial charge < -0.3 is 10.1 Å². The molecule has 0 fully saturated rings. The van der Waals surface area contributed by atoms with Crippen molar-refractivity contribution in [1.82, 2.24) is 0 Å². The fourth-order valence-electron chi connectivity index (χ4n) is 2.66. The van der Waals surface area contributed by atoms with Gasteiger partial charge in [-0.1, -0.05) is 58.4 Å². The third kappa shape index (κ3) is 5.81. The first-order valence-corrected chi connectivity index (χ1v) is 9.80. The van der Waals surface area contributed by atoms with E-state index in [0.29, 0.717) is 18.0 Å².